The number of H-pyrrole nitrogens is 1. The summed E-state index contributed by atoms with van der Waals surface area (Å²) in [6.07, 6.45) is 7.10. The second kappa shape index (κ2) is 6.19. The lowest BCUT2D eigenvalue weighted by Gasteiger charge is -2.36. The maximum atomic E-state index is 4.69. The van der Waals surface area contributed by atoms with Crippen LogP contribution < -0.4 is 9.80 Å². The smallest absolute Gasteiger partial charge is 0.182 e. The van der Waals surface area contributed by atoms with E-state index in [4.69, 9.17) is 4.98 Å². The van der Waals surface area contributed by atoms with E-state index in [-0.39, 0.29) is 0 Å². The highest BCUT2D eigenvalue weighted by molar-refractivity contribution is 5.82. The van der Waals surface area contributed by atoms with E-state index >= 15 is 0 Å². The Labute approximate surface area is 151 Å². The Kier molecular flexibility index (Phi) is 3.69. The normalized spacial score (nSPS) is 18.3. The van der Waals surface area contributed by atoms with Crippen LogP contribution in [0.15, 0.2) is 18.7 Å². The maximum Gasteiger partial charge on any atom is 0.182 e. The molecule has 0 unspecified atom stereocenters. The minimum absolute atomic E-state index is 0.631. The van der Waals surface area contributed by atoms with E-state index in [1.54, 1.807) is 12.7 Å². The lowest BCUT2D eigenvalue weighted by molar-refractivity contribution is 0.410. The molecular formula is C18H22N8. The lowest BCUT2D eigenvalue weighted by atomic mass is 9.83. The number of piperazine rings is 1. The number of imidazole rings is 1. The third kappa shape index (κ3) is 2.65. The highest BCUT2D eigenvalue weighted by Gasteiger charge is 2.25. The molecule has 1 saturated heterocycles. The molecule has 2 fully saturated rings. The van der Waals surface area contributed by atoms with Crippen LogP contribution in [0.3, 0.4) is 0 Å². The van der Waals surface area contributed by atoms with E-state index in [0.29, 0.717) is 11.6 Å². The van der Waals surface area contributed by atoms with E-state index in [2.05, 4.69) is 40.8 Å². The summed E-state index contributed by atoms with van der Waals surface area (Å²) in [5, 5.41) is 0. The van der Waals surface area contributed by atoms with Gasteiger partial charge in [-0.2, -0.15) is 0 Å². The first-order valence-corrected chi connectivity index (χ1v) is 9.27. The number of nitrogens with zero attached hydrogens (tertiary/aromatic N) is 7. The van der Waals surface area contributed by atoms with Gasteiger partial charge in [-0.1, -0.05) is 6.42 Å². The molecule has 1 saturated carbocycles. The molecule has 2 aliphatic rings. The molecule has 8 nitrogen and oxygen atoms in total. The third-order valence-corrected chi connectivity index (χ3v) is 5.47. The molecule has 0 radical (unpaired) electrons. The summed E-state index contributed by atoms with van der Waals surface area (Å²) in [5.74, 6) is 3.50. The lowest BCUT2D eigenvalue weighted by Crippen LogP contribution is -2.47. The highest BCUT2D eigenvalue weighted by atomic mass is 15.3. The number of nitrogens with one attached hydrogen (secondary N) is 1. The number of hydrogen-bond donors (Lipinski definition) is 1. The van der Waals surface area contributed by atoms with Gasteiger partial charge < -0.3 is 14.8 Å². The van der Waals surface area contributed by atoms with Gasteiger partial charge in [0, 0.05) is 43.9 Å². The van der Waals surface area contributed by atoms with E-state index in [9.17, 15) is 0 Å². The largest absolute Gasteiger partial charge is 0.353 e. The summed E-state index contributed by atoms with van der Waals surface area (Å²) in [6.45, 7) is 5.62. The van der Waals surface area contributed by atoms with Crippen molar-refractivity contribution in [1.82, 2.24) is 29.9 Å². The van der Waals surface area contributed by atoms with E-state index in [1.807, 2.05) is 6.92 Å². The van der Waals surface area contributed by atoms with Crippen molar-refractivity contribution in [3.63, 3.8) is 0 Å². The second-order valence-electron chi connectivity index (χ2n) is 7.10. The molecule has 0 aromatic carbocycles. The molecule has 4 heterocycles. The van der Waals surface area contributed by atoms with Crippen LogP contribution >= 0.6 is 0 Å². The molecule has 26 heavy (non-hydrogen) atoms. The highest BCUT2D eigenvalue weighted by Crippen LogP contribution is 2.36. The number of aryl methyl sites for hydroxylation is 1. The molecule has 0 atom stereocenters. The van der Waals surface area contributed by atoms with Crippen molar-refractivity contribution in [1.29, 1.82) is 0 Å². The van der Waals surface area contributed by atoms with Crippen LogP contribution in [-0.4, -0.2) is 56.1 Å². The Morgan fingerprint density at radius 2 is 1.81 bits per heavy atom. The molecule has 0 amide bonds. The summed E-state index contributed by atoms with van der Waals surface area (Å²) in [4.78, 5) is 30.1. The molecule has 3 aromatic heterocycles. The van der Waals surface area contributed by atoms with Crippen molar-refractivity contribution in [2.45, 2.75) is 32.1 Å². The van der Waals surface area contributed by atoms with Gasteiger partial charge in [-0.15, -0.1) is 0 Å². The first-order chi connectivity index (χ1) is 12.8. The molecule has 5 rings (SSSR count). The summed E-state index contributed by atoms with van der Waals surface area (Å²) in [6, 6.07) is 2.20. The number of rotatable bonds is 3. The Hall–Kier alpha value is -2.77. The number of fused-ring (bicyclic) bond motifs is 1. The fourth-order valence-electron chi connectivity index (χ4n) is 3.79. The van der Waals surface area contributed by atoms with Crippen molar-refractivity contribution in [3.05, 3.63) is 30.2 Å². The van der Waals surface area contributed by atoms with E-state index in [1.165, 1.54) is 25.0 Å². The molecular weight excluding hydrogens is 328 g/mol. The summed E-state index contributed by atoms with van der Waals surface area (Å²) in [7, 11) is 0. The molecule has 0 bridgehead atoms. The molecule has 8 heteroatoms. The summed E-state index contributed by atoms with van der Waals surface area (Å²) in [5.41, 5.74) is 2.84. The number of aromatic nitrogens is 6. The third-order valence-electron chi connectivity index (χ3n) is 5.47. The molecule has 1 aliphatic carbocycles. The zero-order chi connectivity index (χ0) is 17.5. The van der Waals surface area contributed by atoms with Gasteiger partial charge in [0.2, 0.25) is 0 Å². The molecule has 1 aliphatic heterocycles. The van der Waals surface area contributed by atoms with Crippen molar-refractivity contribution in [3.8, 4) is 0 Å². The maximum absolute atomic E-state index is 4.69. The Morgan fingerprint density at radius 1 is 1.00 bits per heavy atom. The number of aromatic amines is 1. The standard InChI is InChI=1S/C18H22N8/c1-12-23-14(13-3-2-4-13)9-15(24-12)25-5-7-26(8-6-25)18-16-17(20-10-19-16)21-11-22-18/h9-11,13H,2-8H2,1H3,(H,19,20,21,22). The topological polar surface area (TPSA) is 86.7 Å². The zero-order valence-electron chi connectivity index (χ0n) is 14.9. The van der Waals surface area contributed by atoms with Gasteiger partial charge in [0.25, 0.3) is 0 Å². The number of anilines is 2. The number of hydrogen-bond acceptors (Lipinski definition) is 7. The minimum Gasteiger partial charge on any atom is -0.353 e. The second-order valence-corrected chi connectivity index (χ2v) is 7.10. The van der Waals surface area contributed by atoms with E-state index < -0.39 is 0 Å². The van der Waals surface area contributed by atoms with Crippen LogP contribution in [0.4, 0.5) is 11.6 Å². The van der Waals surface area contributed by atoms with Gasteiger partial charge in [0.1, 0.15) is 23.5 Å². The van der Waals surface area contributed by atoms with Gasteiger partial charge >= 0.3 is 0 Å². The fraction of sp³-hybridized carbons (Fsp3) is 0.500. The van der Waals surface area contributed by atoms with Crippen LogP contribution in [0.5, 0.6) is 0 Å². The molecule has 134 valence electrons. The molecule has 1 N–H and O–H groups in total. The first kappa shape index (κ1) is 15.5. The van der Waals surface area contributed by atoms with Crippen LogP contribution in [0, 0.1) is 6.92 Å². The van der Waals surface area contributed by atoms with Gasteiger partial charge in [-0.25, -0.2) is 24.9 Å². The fourth-order valence-corrected chi connectivity index (χ4v) is 3.79. The predicted molar refractivity (Wildman–Crippen MR) is 99.5 cm³/mol. The van der Waals surface area contributed by atoms with Crippen molar-refractivity contribution >= 4 is 22.8 Å². The van der Waals surface area contributed by atoms with Crippen LogP contribution in [0.25, 0.3) is 11.2 Å². The molecule has 0 spiro atoms. The van der Waals surface area contributed by atoms with Gasteiger partial charge in [-0.3, -0.25) is 0 Å². The molecule has 3 aromatic rings. The SMILES string of the molecule is Cc1nc(C2CCC2)cc(N2CCN(c3ncnc4nc[nH]c34)CC2)n1. The van der Waals surface area contributed by atoms with Gasteiger partial charge in [-0.05, 0) is 19.8 Å². The average molecular weight is 350 g/mol. The van der Waals surface area contributed by atoms with Crippen molar-refractivity contribution in [2.24, 2.45) is 0 Å². The zero-order valence-corrected chi connectivity index (χ0v) is 14.9. The quantitative estimate of drug-likeness (QED) is 0.773. The Morgan fingerprint density at radius 3 is 2.58 bits per heavy atom. The van der Waals surface area contributed by atoms with Crippen LogP contribution in [0.2, 0.25) is 0 Å². The van der Waals surface area contributed by atoms with E-state index in [0.717, 1.165) is 49.2 Å². The average Bonchev–Trinajstić information content (AvgIpc) is 3.09. The minimum atomic E-state index is 0.631. The Bertz CT molecular complexity index is 924. The predicted octanol–water partition coefficient (Wildman–Crippen LogP) is 2.05. The first-order valence-electron chi connectivity index (χ1n) is 9.27. The summed E-state index contributed by atoms with van der Waals surface area (Å²) >= 11 is 0. The van der Waals surface area contributed by atoms with Crippen molar-refractivity contribution < 1.29 is 0 Å². The monoisotopic (exact) mass is 350 g/mol. The van der Waals surface area contributed by atoms with Gasteiger partial charge in [0.05, 0.1) is 6.33 Å². The van der Waals surface area contributed by atoms with Gasteiger partial charge in [0.15, 0.2) is 11.5 Å². The van der Waals surface area contributed by atoms with Crippen LogP contribution in [-0.2, 0) is 0 Å². The Balaban J connectivity index is 1.34. The van der Waals surface area contributed by atoms with Crippen molar-refractivity contribution in [2.75, 3.05) is 36.0 Å². The van der Waals surface area contributed by atoms with Crippen LogP contribution in [0.1, 0.15) is 36.7 Å². The summed E-state index contributed by atoms with van der Waals surface area (Å²) < 4.78 is 0.